The van der Waals surface area contributed by atoms with E-state index in [0.29, 0.717) is 6.42 Å². The second kappa shape index (κ2) is 5.16. The molecule has 0 radical (unpaired) electrons. The molecule has 1 rings (SSSR count). The molecule has 0 atom stereocenters. The van der Waals surface area contributed by atoms with Crippen molar-refractivity contribution in [2.24, 2.45) is 5.92 Å². The van der Waals surface area contributed by atoms with E-state index < -0.39 is 30.3 Å². The topological polar surface area (TPSA) is 29.1 Å². The lowest BCUT2D eigenvalue weighted by atomic mass is 10.1. The second-order valence-electron chi connectivity index (χ2n) is 4.56. The molecule has 0 aromatic rings. The summed E-state index contributed by atoms with van der Waals surface area (Å²) in [4.78, 5) is 10.9. The van der Waals surface area contributed by atoms with Gasteiger partial charge in [0.05, 0.1) is 0 Å². The minimum absolute atomic E-state index is 0.249. The maximum absolute atomic E-state index is 13.0. The van der Waals surface area contributed by atoms with Crippen LogP contribution in [0.3, 0.4) is 0 Å². The zero-order chi connectivity index (χ0) is 14.9. The van der Waals surface area contributed by atoms with Crippen molar-refractivity contribution in [2.75, 3.05) is 6.54 Å². The van der Waals surface area contributed by atoms with Gasteiger partial charge in [0.2, 0.25) is 0 Å². The molecule has 0 unspecified atom stereocenters. The Morgan fingerprint density at radius 1 is 1.05 bits per heavy atom. The van der Waals surface area contributed by atoms with Crippen molar-refractivity contribution in [2.45, 2.75) is 43.7 Å². The van der Waals surface area contributed by atoms with E-state index in [1.54, 1.807) is 5.32 Å². The van der Waals surface area contributed by atoms with Crippen molar-refractivity contribution in [3.8, 4) is 0 Å². The molecule has 1 fully saturated rings. The average Bonchev–Trinajstić information content (AvgIpc) is 2.97. The Labute approximate surface area is 104 Å². The number of hydrogen-bond donors (Lipinski definition) is 1. The Hall–Kier alpha value is -1.02. The fourth-order valence-electron chi connectivity index (χ4n) is 1.44. The molecule has 0 bridgehead atoms. The van der Waals surface area contributed by atoms with Crippen LogP contribution < -0.4 is 5.32 Å². The van der Waals surface area contributed by atoms with E-state index in [1.165, 1.54) is 0 Å². The molecule has 1 aliphatic rings. The van der Waals surface area contributed by atoms with Gasteiger partial charge >= 0.3 is 18.0 Å². The molecule has 2 nitrogen and oxygen atoms in total. The Morgan fingerprint density at radius 2 is 1.58 bits per heavy atom. The van der Waals surface area contributed by atoms with Crippen molar-refractivity contribution in [3.05, 3.63) is 0 Å². The minimum Gasteiger partial charge on any atom is -0.351 e. The van der Waals surface area contributed by atoms with E-state index in [-0.39, 0.29) is 12.5 Å². The van der Waals surface area contributed by atoms with E-state index in [9.17, 15) is 35.5 Å². The van der Waals surface area contributed by atoms with Crippen LogP contribution in [0.4, 0.5) is 30.7 Å². The normalized spacial score (nSPS) is 17.4. The zero-order valence-electron chi connectivity index (χ0n) is 9.67. The summed E-state index contributed by atoms with van der Waals surface area (Å²) in [5.41, 5.74) is 0. The summed E-state index contributed by atoms with van der Waals surface area (Å²) in [6, 6.07) is 0. The van der Waals surface area contributed by atoms with E-state index in [1.807, 2.05) is 0 Å². The fourth-order valence-corrected chi connectivity index (χ4v) is 1.44. The molecule has 9 heteroatoms. The summed E-state index contributed by atoms with van der Waals surface area (Å²) in [6.07, 6.45) is -6.43. The largest absolute Gasteiger partial charge is 0.395 e. The lowest BCUT2D eigenvalue weighted by Crippen LogP contribution is -2.54. The van der Waals surface area contributed by atoms with Gasteiger partial charge in [-0.3, -0.25) is 4.79 Å². The van der Waals surface area contributed by atoms with Gasteiger partial charge in [-0.05, 0) is 12.3 Å². The van der Waals surface area contributed by atoms with Crippen molar-refractivity contribution >= 4 is 5.91 Å². The van der Waals surface area contributed by atoms with Gasteiger partial charge in [-0.15, -0.1) is 0 Å². The fraction of sp³-hybridized carbons (Fsp3) is 0.900. The summed E-state index contributed by atoms with van der Waals surface area (Å²) in [5, 5.41) is 1.55. The summed E-state index contributed by atoms with van der Waals surface area (Å²) < 4.78 is 86.9. The summed E-state index contributed by atoms with van der Waals surface area (Å²) in [5.74, 6) is -13.0. The number of hydrogen-bond acceptors (Lipinski definition) is 1. The van der Waals surface area contributed by atoms with Gasteiger partial charge in [0.15, 0.2) is 0 Å². The molecule has 0 saturated heterocycles. The molecule has 1 N–H and O–H groups in total. The van der Waals surface area contributed by atoms with E-state index >= 15 is 0 Å². The predicted molar refractivity (Wildman–Crippen MR) is 50.9 cm³/mol. The van der Waals surface area contributed by atoms with Gasteiger partial charge in [-0.25, -0.2) is 0 Å². The molecular weight excluding hydrogens is 283 g/mol. The zero-order valence-corrected chi connectivity index (χ0v) is 9.67. The summed E-state index contributed by atoms with van der Waals surface area (Å²) in [7, 11) is 0. The molecule has 1 saturated carbocycles. The van der Waals surface area contributed by atoms with Gasteiger partial charge in [0, 0.05) is 6.54 Å². The Balaban J connectivity index is 2.56. The van der Waals surface area contributed by atoms with Crippen LogP contribution in [0, 0.1) is 5.92 Å². The Morgan fingerprint density at radius 3 is 2.00 bits per heavy atom. The summed E-state index contributed by atoms with van der Waals surface area (Å²) in [6.45, 7) is -0.249. The van der Waals surface area contributed by atoms with Crippen LogP contribution in [0.25, 0.3) is 0 Å². The molecule has 0 heterocycles. The van der Waals surface area contributed by atoms with Crippen molar-refractivity contribution in [1.29, 1.82) is 0 Å². The SMILES string of the molecule is O=C(NCCC1CC1)C(F)(F)C(F)(F)CC(F)(F)F. The van der Waals surface area contributed by atoms with Gasteiger partial charge < -0.3 is 5.32 Å². The van der Waals surface area contributed by atoms with Crippen molar-refractivity contribution in [1.82, 2.24) is 5.32 Å². The maximum atomic E-state index is 13.0. The third kappa shape index (κ3) is 4.54. The lowest BCUT2D eigenvalue weighted by Gasteiger charge is -2.26. The molecule has 0 aromatic heterocycles. The van der Waals surface area contributed by atoms with Crippen LogP contribution in [0.5, 0.6) is 0 Å². The molecule has 112 valence electrons. The number of carbonyl (C=O) groups is 1. The second-order valence-corrected chi connectivity index (χ2v) is 4.56. The molecule has 19 heavy (non-hydrogen) atoms. The van der Waals surface area contributed by atoms with E-state index in [0.717, 1.165) is 12.8 Å². The maximum Gasteiger partial charge on any atom is 0.395 e. The third-order valence-electron chi connectivity index (χ3n) is 2.70. The first-order valence-electron chi connectivity index (χ1n) is 5.56. The number of rotatable bonds is 6. The number of nitrogens with one attached hydrogen (secondary N) is 1. The first kappa shape index (κ1) is 16.0. The highest BCUT2D eigenvalue weighted by molar-refractivity contribution is 5.84. The highest BCUT2D eigenvalue weighted by Gasteiger charge is 2.65. The van der Waals surface area contributed by atoms with Crippen molar-refractivity contribution < 1.29 is 35.5 Å². The quantitative estimate of drug-likeness (QED) is 0.749. The highest BCUT2D eigenvalue weighted by atomic mass is 19.4. The standard InChI is InChI=1S/C10H12F7NO/c11-8(12,5-9(13,14)15)10(16,17)7(19)18-4-3-6-1-2-6/h6H,1-5H2,(H,18,19). The van der Waals surface area contributed by atoms with E-state index in [4.69, 9.17) is 0 Å². The van der Waals surface area contributed by atoms with Crippen LogP contribution >= 0.6 is 0 Å². The number of carbonyl (C=O) groups excluding carboxylic acids is 1. The van der Waals surface area contributed by atoms with Crippen LogP contribution in [0.15, 0.2) is 0 Å². The van der Waals surface area contributed by atoms with Crippen molar-refractivity contribution in [3.63, 3.8) is 0 Å². The molecule has 0 aliphatic heterocycles. The molecule has 0 aromatic carbocycles. The molecule has 1 aliphatic carbocycles. The number of halogens is 7. The first-order chi connectivity index (χ1) is 8.46. The third-order valence-corrected chi connectivity index (χ3v) is 2.70. The Kier molecular flexibility index (Phi) is 4.36. The first-order valence-corrected chi connectivity index (χ1v) is 5.56. The van der Waals surface area contributed by atoms with Crippen LogP contribution in [-0.4, -0.2) is 30.5 Å². The smallest absolute Gasteiger partial charge is 0.351 e. The number of amides is 1. The molecule has 0 spiro atoms. The average molecular weight is 295 g/mol. The monoisotopic (exact) mass is 295 g/mol. The van der Waals surface area contributed by atoms with E-state index in [2.05, 4.69) is 0 Å². The number of alkyl halides is 7. The van der Waals surface area contributed by atoms with Gasteiger partial charge in [-0.2, -0.15) is 30.7 Å². The molecular formula is C10H12F7NO. The summed E-state index contributed by atoms with van der Waals surface area (Å²) >= 11 is 0. The van der Waals surface area contributed by atoms with Crippen LogP contribution in [0.2, 0.25) is 0 Å². The van der Waals surface area contributed by atoms with Crippen LogP contribution in [0.1, 0.15) is 25.7 Å². The molecule has 1 amide bonds. The Bertz CT molecular complexity index is 335. The van der Waals surface area contributed by atoms with Crippen LogP contribution in [-0.2, 0) is 4.79 Å². The van der Waals surface area contributed by atoms with Gasteiger partial charge in [0.1, 0.15) is 6.42 Å². The minimum atomic E-state index is -5.48. The predicted octanol–water partition coefficient (Wildman–Crippen LogP) is 3.13. The lowest BCUT2D eigenvalue weighted by molar-refractivity contribution is -0.255. The van der Waals surface area contributed by atoms with Gasteiger partial charge in [-0.1, -0.05) is 12.8 Å². The van der Waals surface area contributed by atoms with Gasteiger partial charge in [0.25, 0.3) is 5.91 Å². The highest BCUT2D eigenvalue weighted by Crippen LogP contribution is 2.42.